The Kier molecular flexibility index (Phi) is 7.22. The molecule has 7 heteroatoms. The molecular formula is C27H35N3O4. The van der Waals surface area contributed by atoms with Crippen LogP contribution in [0.15, 0.2) is 36.5 Å². The summed E-state index contributed by atoms with van der Waals surface area (Å²) in [6.07, 6.45) is 4.25. The van der Waals surface area contributed by atoms with Crippen molar-refractivity contribution in [2.45, 2.75) is 52.2 Å². The first kappa shape index (κ1) is 24.2. The van der Waals surface area contributed by atoms with E-state index in [4.69, 9.17) is 4.74 Å². The van der Waals surface area contributed by atoms with Crippen molar-refractivity contribution in [3.05, 3.63) is 47.7 Å². The lowest BCUT2D eigenvalue weighted by molar-refractivity contribution is -0.131. The Morgan fingerprint density at radius 1 is 1.29 bits per heavy atom. The number of rotatable bonds is 7. The molecule has 7 nitrogen and oxygen atoms in total. The average molecular weight is 466 g/mol. The van der Waals surface area contributed by atoms with Crippen LogP contribution in [0.3, 0.4) is 0 Å². The summed E-state index contributed by atoms with van der Waals surface area (Å²) in [7, 11) is 1.81. The summed E-state index contributed by atoms with van der Waals surface area (Å²) < 4.78 is 6.33. The third-order valence-electron chi connectivity index (χ3n) is 7.02. The number of aliphatic hydroxyl groups is 1. The molecular weight excluding hydrogens is 430 g/mol. The molecule has 2 amide bonds. The van der Waals surface area contributed by atoms with Crippen LogP contribution in [-0.4, -0.2) is 70.6 Å². The fourth-order valence-electron chi connectivity index (χ4n) is 4.46. The van der Waals surface area contributed by atoms with Gasteiger partial charge in [0, 0.05) is 37.7 Å². The van der Waals surface area contributed by atoms with Gasteiger partial charge in [-0.2, -0.15) is 0 Å². The zero-order valence-electron chi connectivity index (χ0n) is 20.5. The first-order valence-electron chi connectivity index (χ1n) is 12.2. The number of carbonyl (C=O) groups is 2. The standard InChI is InChI=1S/C27H35N3O4/c1-17-7-5-6-8-22(17)21-12-23-26(28-13-21)34-24(15-29(4)25(32)11-20-9-10-20)18(2)14-30(27(23)33)19(3)16-31/h5-8,12-13,18-20,24,31H,9-11,14-16H2,1-4H3/t18-,19-,24-/m1/s1. The van der Waals surface area contributed by atoms with E-state index in [1.54, 1.807) is 16.0 Å². The van der Waals surface area contributed by atoms with E-state index in [0.29, 0.717) is 31.0 Å². The number of hydrogen-bond donors (Lipinski definition) is 1. The second-order valence-corrected chi connectivity index (χ2v) is 9.94. The molecule has 182 valence electrons. The number of aromatic nitrogens is 1. The Hall–Kier alpha value is -2.93. The van der Waals surface area contributed by atoms with Crippen molar-refractivity contribution in [1.82, 2.24) is 14.8 Å². The van der Waals surface area contributed by atoms with Gasteiger partial charge in [0.05, 0.1) is 19.2 Å². The quantitative estimate of drug-likeness (QED) is 0.676. The van der Waals surface area contributed by atoms with Crippen LogP contribution in [0.2, 0.25) is 0 Å². The fourth-order valence-corrected chi connectivity index (χ4v) is 4.46. The number of carbonyl (C=O) groups excluding carboxylic acids is 2. The first-order chi connectivity index (χ1) is 16.3. The summed E-state index contributed by atoms with van der Waals surface area (Å²) in [5, 5.41) is 9.85. The maximum Gasteiger partial charge on any atom is 0.259 e. The van der Waals surface area contributed by atoms with Gasteiger partial charge in [-0.3, -0.25) is 9.59 Å². The molecule has 2 aliphatic rings. The van der Waals surface area contributed by atoms with E-state index in [-0.39, 0.29) is 42.4 Å². The maximum absolute atomic E-state index is 13.6. The summed E-state index contributed by atoms with van der Waals surface area (Å²) in [5.41, 5.74) is 3.31. The van der Waals surface area contributed by atoms with Gasteiger partial charge in [-0.15, -0.1) is 0 Å². The lowest BCUT2D eigenvalue weighted by Crippen LogP contribution is -2.50. The number of benzene rings is 1. The molecule has 1 N–H and O–H groups in total. The first-order valence-corrected chi connectivity index (χ1v) is 12.2. The van der Waals surface area contributed by atoms with Crippen LogP contribution >= 0.6 is 0 Å². The average Bonchev–Trinajstić information content (AvgIpc) is 3.64. The Balaban J connectivity index is 1.67. The molecule has 2 heterocycles. The highest BCUT2D eigenvalue weighted by atomic mass is 16.5. The van der Waals surface area contributed by atoms with Crippen LogP contribution in [-0.2, 0) is 4.79 Å². The molecule has 34 heavy (non-hydrogen) atoms. The molecule has 3 atom stereocenters. The SMILES string of the molecule is Cc1ccccc1-c1cnc2c(c1)C(=O)N([C@H](C)CO)C[C@@H](C)[C@@H](CN(C)C(=O)CC1CC1)O2. The van der Waals surface area contributed by atoms with E-state index < -0.39 is 0 Å². The van der Waals surface area contributed by atoms with Crippen LogP contribution < -0.4 is 4.74 Å². The Bertz CT molecular complexity index is 1050. The number of hydrogen-bond acceptors (Lipinski definition) is 5. The third-order valence-corrected chi connectivity index (χ3v) is 7.02. The summed E-state index contributed by atoms with van der Waals surface area (Å²) in [6, 6.07) is 9.45. The normalized spacial score (nSPS) is 21.2. The van der Waals surface area contributed by atoms with Crippen LogP contribution in [0, 0.1) is 18.8 Å². The van der Waals surface area contributed by atoms with Gasteiger partial charge in [-0.25, -0.2) is 4.98 Å². The second kappa shape index (κ2) is 10.1. The Labute approximate surface area is 201 Å². The molecule has 2 aromatic rings. The van der Waals surface area contributed by atoms with Crippen molar-refractivity contribution in [1.29, 1.82) is 0 Å². The van der Waals surface area contributed by atoms with E-state index in [2.05, 4.69) is 4.98 Å². The molecule has 0 unspecified atom stereocenters. The number of pyridine rings is 1. The van der Waals surface area contributed by atoms with Crippen LogP contribution in [0.25, 0.3) is 11.1 Å². The molecule has 0 bridgehead atoms. The topological polar surface area (TPSA) is 83.0 Å². The molecule has 0 spiro atoms. The van der Waals surface area contributed by atoms with E-state index in [9.17, 15) is 14.7 Å². The van der Waals surface area contributed by atoms with Crippen molar-refractivity contribution in [2.24, 2.45) is 11.8 Å². The zero-order chi connectivity index (χ0) is 24.4. The maximum atomic E-state index is 13.6. The zero-order valence-corrected chi connectivity index (χ0v) is 20.5. The minimum absolute atomic E-state index is 0.0554. The number of likely N-dealkylation sites (N-methyl/N-ethyl adjacent to an activating group) is 1. The molecule has 0 radical (unpaired) electrons. The Morgan fingerprint density at radius 2 is 2.03 bits per heavy atom. The summed E-state index contributed by atoms with van der Waals surface area (Å²) in [6.45, 7) is 6.58. The van der Waals surface area contributed by atoms with Crippen LogP contribution in [0.4, 0.5) is 0 Å². The second-order valence-electron chi connectivity index (χ2n) is 9.94. The predicted octanol–water partition coefficient (Wildman–Crippen LogP) is 3.54. The molecule has 1 aromatic carbocycles. The van der Waals surface area contributed by atoms with E-state index >= 15 is 0 Å². The minimum Gasteiger partial charge on any atom is -0.472 e. The van der Waals surface area contributed by atoms with Gasteiger partial charge in [0.15, 0.2) is 0 Å². The van der Waals surface area contributed by atoms with Gasteiger partial charge in [-0.1, -0.05) is 31.2 Å². The fraction of sp³-hybridized carbons (Fsp3) is 0.519. The highest BCUT2D eigenvalue weighted by Gasteiger charge is 2.35. The number of amides is 2. The van der Waals surface area contributed by atoms with Gasteiger partial charge < -0.3 is 19.6 Å². The monoisotopic (exact) mass is 465 g/mol. The lowest BCUT2D eigenvalue weighted by atomic mass is 9.98. The highest BCUT2D eigenvalue weighted by Crippen LogP contribution is 2.34. The molecule has 1 fully saturated rings. The highest BCUT2D eigenvalue weighted by molar-refractivity contribution is 5.98. The van der Waals surface area contributed by atoms with Crippen LogP contribution in [0.1, 0.15) is 49.0 Å². The summed E-state index contributed by atoms with van der Waals surface area (Å²) in [4.78, 5) is 34.2. The van der Waals surface area contributed by atoms with Crippen molar-refractivity contribution in [3.8, 4) is 17.0 Å². The predicted molar refractivity (Wildman–Crippen MR) is 131 cm³/mol. The molecule has 0 saturated heterocycles. The molecule has 1 aliphatic heterocycles. The molecule has 4 rings (SSSR count). The third kappa shape index (κ3) is 5.25. The van der Waals surface area contributed by atoms with Crippen molar-refractivity contribution in [3.63, 3.8) is 0 Å². The number of aliphatic hydroxyl groups excluding tert-OH is 1. The van der Waals surface area contributed by atoms with Gasteiger partial charge >= 0.3 is 0 Å². The lowest BCUT2D eigenvalue weighted by Gasteiger charge is -2.37. The van der Waals surface area contributed by atoms with Crippen LogP contribution in [0.5, 0.6) is 5.88 Å². The number of ether oxygens (including phenoxy) is 1. The van der Waals surface area contributed by atoms with Crippen molar-refractivity contribution >= 4 is 11.8 Å². The molecule has 1 aliphatic carbocycles. The van der Waals surface area contributed by atoms with Gasteiger partial charge in [0.25, 0.3) is 5.91 Å². The molecule has 1 aromatic heterocycles. The van der Waals surface area contributed by atoms with E-state index in [1.807, 2.05) is 58.2 Å². The van der Waals surface area contributed by atoms with Gasteiger partial charge in [-0.05, 0) is 49.8 Å². The summed E-state index contributed by atoms with van der Waals surface area (Å²) in [5.74, 6) is 0.659. The van der Waals surface area contributed by atoms with Crippen molar-refractivity contribution in [2.75, 3.05) is 26.7 Å². The van der Waals surface area contributed by atoms with Gasteiger partial charge in [0.2, 0.25) is 11.8 Å². The van der Waals surface area contributed by atoms with Gasteiger partial charge in [0.1, 0.15) is 11.7 Å². The smallest absolute Gasteiger partial charge is 0.259 e. The number of aryl methyl sites for hydroxylation is 1. The minimum atomic E-state index is -0.349. The largest absolute Gasteiger partial charge is 0.472 e. The summed E-state index contributed by atoms with van der Waals surface area (Å²) >= 11 is 0. The van der Waals surface area contributed by atoms with E-state index in [0.717, 1.165) is 29.5 Å². The Morgan fingerprint density at radius 3 is 2.71 bits per heavy atom. The van der Waals surface area contributed by atoms with E-state index in [1.165, 1.54) is 0 Å². The number of fused-ring (bicyclic) bond motifs is 1. The number of nitrogens with zero attached hydrogens (tertiary/aromatic N) is 3. The van der Waals surface area contributed by atoms with Crippen molar-refractivity contribution < 1.29 is 19.4 Å². The molecule has 1 saturated carbocycles.